The molecule has 0 saturated heterocycles. The van der Waals surface area contributed by atoms with E-state index in [0.29, 0.717) is 6.61 Å². The molecule has 0 aliphatic heterocycles. The summed E-state index contributed by atoms with van der Waals surface area (Å²) in [6.45, 7) is 2.21. The molecule has 5 heteroatoms. The van der Waals surface area contributed by atoms with Crippen LogP contribution in [0.2, 0.25) is 0 Å². The summed E-state index contributed by atoms with van der Waals surface area (Å²) in [5.41, 5.74) is 4.80. The number of aliphatic imine (C=N–C) groups is 1. The molecule has 0 fully saturated rings. The molecule has 2 N–H and O–H groups in total. The van der Waals surface area contributed by atoms with E-state index in [1.54, 1.807) is 13.0 Å². The van der Waals surface area contributed by atoms with Crippen LogP contribution in [0, 0.1) is 11.3 Å². The van der Waals surface area contributed by atoms with E-state index in [9.17, 15) is 4.79 Å². The molecule has 1 amide bonds. The Balaban J connectivity index is 3.90. The van der Waals surface area contributed by atoms with Gasteiger partial charge < -0.3 is 10.5 Å². The molecule has 0 aromatic carbocycles. The fourth-order valence-corrected chi connectivity index (χ4v) is 0.349. The van der Waals surface area contributed by atoms with Gasteiger partial charge in [-0.1, -0.05) is 0 Å². The van der Waals surface area contributed by atoms with Crippen LogP contribution in [-0.4, -0.2) is 25.0 Å². The van der Waals surface area contributed by atoms with Crippen LogP contribution < -0.4 is 5.73 Å². The molecular weight excluding hydrogens is 146 g/mol. The van der Waals surface area contributed by atoms with E-state index in [-0.39, 0.29) is 0 Å². The molecule has 0 spiro atoms. The van der Waals surface area contributed by atoms with Gasteiger partial charge in [0.2, 0.25) is 6.04 Å². The maximum absolute atomic E-state index is 10.4. The van der Waals surface area contributed by atoms with E-state index in [2.05, 4.69) is 9.73 Å². The standard InChI is InChI=1S/C6H9N3O2/c1-2-11-4-9-5(3-7)6(8)10/h4-5H,2H2,1H3,(H2,8,10)/b9-4+. The van der Waals surface area contributed by atoms with Gasteiger partial charge in [0, 0.05) is 0 Å². The number of nitrogens with zero attached hydrogens (tertiary/aromatic N) is 2. The van der Waals surface area contributed by atoms with E-state index in [4.69, 9.17) is 11.0 Å². The quantitative estimate of drug-likeness (QED) is 0.435. The van der Waals surface area contributed by atoms with Crippen LogP contribution in [-0.2, 0) is 9.53 Å². The van der Waals surface area contributed by atoms with Crippen LogP contribution in [0.25, 0.3) is 0 Å². The lowest BCUT2D eigenvalue weighted by Crippen LogP contribution is -2.25. The molecule has 60 valence electrons. The fourth-order valence-electron chi connectivity index (χ4n) is 0.349. The summed E-state index contributed by atoms with van der Waals surface area (Å²) in [7, 11) is 0. The molecule has 0 aromatic rings. The van der Waals surface area contributed by atoms with Gasteiger partial charge in [0.25, 0.3) is 5.91 Å². The third kappa shape index (κ3) is 3.92. The zero-order valence-corrected chi connectivity index (χ0v) is 6.15. The van der Waals surface area contributed by atoms with Gasteiger partial charge in [-0.25, -0.2) is 4.99 Å². The molecule has 0 rings (SSSR count). The first-order valence-corrected chi connectivity index (χ1v) is 3.04. The van der Waals surface area contributed by atoms with E-state index in [1.807, 2.05) is 0 Å². The van der Waals surface area contributed by atoms with Gasteiger partial charge >= 0.3 is 0 Å². The SMILES string of the molecule is CCO/C=N/C(C#N)C(N)=O. The second-order valence-corrected chi connectivity index (χ2v) is 1.64. The van der Waals surface area contributed by atoms with Crippen molar-refractivity contribution < 1.29 is 9.53 Å². The van der Waals surface area contributed by atoms with Crippen LogP contribution in [0.1, 0.15) is 6.92 Å². The van der Waals surface area contributed by atoms with Gasteiger partial charge in [0.1, 0.15) is 0 Å². The van der Waals surface area contributed by atoms with Crippen molar-refractivity contribution in [3.8, 4) is 6.07 Å². The second kappa shape index (κ2) is 5.23. The number of hydrogen-bond donors (Lipinski definition) is 1. The molecule has 0 heterocycles. The summed E-state index contributed by atoms with van der Waals surface area (Å²) >= 11 is 0. The van der Waals surface area contributed by atoms with Crippen LogP contribution >= 0.6 is 0 Å². The van der Waals surface area contributed by atoms with Crippen molar-refractivity contribution >= 4 is 12.3 Å². The lowest BCUT2D eigenvalue weighted by atomic mass is 10.3. The third-order valence-corrected chi connectivity index (χ3v) is 0.843. The van der Waals surface area contributed by atoms with Crippen molar-refractivity contribution in [3.63, 3.8) is 0 Å². The number of amides is 1. The molecule has 0 aliphatic carbocycles. The summed E-state index contributed by atoms with van der Waals surface area (Å²) in [6.07, 6.45) is 1.05. The molecule has 1 unspecified atom stereocenters. The Morgan fingerprint density at radius 1 is 2.00 bits per heavy atom. The average Bonchev–Trinajstić information content (AvgIpc) is 1.97. The number of carbonyl (C=O) groups is 1. The Morgan fingerprint density at radius 3 is 3.00 bits per heavy atom. The highest BCUT2D eigenvalue weighted by Crippen LogP contribution is 1.85. The highest BCUT2D eigenvalue weighted by molar-refractivity contribution is 5.83. The summed E-state index contributed by atoms with van der Waals surface area (Å²) in [5.74, 6) is -0.775. The zero-order chi connectivity index (χ0) is 8.69. The molecule has 0 bridgehead atoms. The van der Waals surface area contributed by atoms with Crippen molar-refractivity contribution in [2.45, 2.75) is 13.0 Å². The normalized spacial score (nSPS) is 12.4. The van der Waals surface area contributed by atoms with Gasteiger partial charge in [-0.15, -0.1) is 0 Å². The van der Waals surface area contributed by atoms with Crippen LogP contribution in [0.5, 0.6) is 0 Å². The minimum atomic E-state index is -1.14. The maximum atomic E-state index is 10.4. The van der Waals surface area contributed by atoms with Gasteiger partial charge in [-0.05, 0) is 6.92 Å². The van der Waals surface area contributed by atoms with E-state index < -0.39 is 11.9 Å². The third-order valence-electron chi connectivity index (χ3n) is 0.843. The van der Waals surface area contributed by atoms with Crippen LogP contribution in [0.3, 0.4) is 0 Å². The fraction of sp³-hybridized carbons (Fsp3) is 0.500. The summed E-state index contributed by atoms with van der Waals surface area (Å²) in [5, 5.41) is 8.28. The molecule has 0 aliphatic rings. The van der Waals surface area contributed by atoms with Crippen LogP contribution in [0.15, 0.2) is 4.99 Å². The summed E-state index contributed by atoms with van der Waals surface area (Å²) in [6, 6.07) is 0.470. The van der Waals surface area contributed by atoms with Crippen molar-refractivity contribution in [3.05, 3.63) is 0 Å². The first-order valence-electron chi connectivity index (χ1n) is 3.04. The van der Waals surface area contributed by atoms with E-state index in [1.165, 1.54) is 0 Å². The Bertz CT molecular complexity index is 194. The topological polar surface area (TPSA) is 88.5 Å². The van der Waals surface area contributed by atoms with Gasteiger partial charge in [0.05, 0.1) is 12.7 Å². The van der Waals surface area contributed by atoms with Crippen molar-refractivity contribution in [2.75, 3.05) is 6.61 Å². The number of carbonyl (C=O) groups excluding carboxylic acids is 1. The molecular formula is C6H9N3O2. The van der Waals surface area contributed by atoms with Gasteiger partial charge in [0.15, 0.2) is 6.40 Å². The number of rotatable bonds is 4. The maximum Gasteiger partial charge on any atom is 0.257 e. The number of nitriles is 1. The number of hydrogen-bond acceptors (Lipinski definition) is 4. The van der Waals surface area contributed by atoms with Crippen molar-refractivity contribution in [1.82, 2.24) is 0 Å². The number of ether oxygens (including phenoxy) is 1. The first-order chi connectivity index (χ1) is 5.22. The Hall–Kier alpha value is -1.57. The monoisotopic (exact) mass is 155 g/mol. The molecule has 1 atom stereocenters. The van der Waals surface area contributed by atoms with Crippen molar-refractivity contribution in [2.24, 2.45) is 10.7 Å². The lowest BCUT2D eigenvalue weighted by Gasteiger charge is -1.95. The van der Waals surface area contributed by atoms with E-state index >= 15 is 0 Å². The average molecular weight is 155 g/mol. The largest absolute Gasteiger partial charge is 0.484 e. The smallest absolute Gasteiger partial charge is 0.257 e. The Morgan fingerprint density at radius 2 is 2.64 bits per heavy atom. The Kier molecular flexibility index (Phi) is 4.49. The predicted octanol–water partition coefficient (Wildman–Crippen LogP) is -0.571. The highest BCUT2D eigenvalue weighted by Gasteiger charge is 2.09. The molecule has 0 aromatic heterocycles. The van der Waals surface area contributed by atoms with Gasteiger partial charge in [-0.2, -0.15) is 5.26 Å². The summed E-state index contributed by atoms with van der Waals surface area (Å²) < 4.78 is 4.67. The molecule has 5 nitrogen and oxygen atoms in total. The lowest BCUT2D eigenvalue weighted by molar-refractivity contribution is -0.118. The van der Waals surface area contributed by atoms with Crippen molar-refractivity contribution in [1.29, 1.82) is 5.26 Å². The molecule has 11 heavy (non-hydrogen) atoms. The minimum Gasteiger partial charge on any atom is -0.484 e. The van der Waals surface area contributed by atoms with Gasteiger partial charge in [-0.3, -0.25) is 4.79 Å². The number of primary amides is 1. The zero-order valence-electron chi connectivity index (χ0n) is 6.15. The van der Waals surface area contributed by atoms with E-state index in [0.717, 1.165) is 6.40 Å². The highest BCUT2D eigenvalue weighted by atomic mass is 16.5. The number of nitrogens with two attached hydrogens (primary N) is 1. The second-order valence-electron chi connectivity index (χ2n) is 1.64. The predicted molar refractivity (Wildman–Crippen MR) is 38.7 cm³/mol. The molecule has 0 radical (unpaired) electrons. The first kappa shape index (κ1) is 9.43. The summed E-state index contributed by atoms with van der Waals surface area (Å²) in [4.78, 5) is 13.8. The van der Waals surface area contributed by atoms with Crippen LogP contribution in [0.4, 0.5) is 0 Å². The Labute approximate surface area is 64.5 Å². The molecule has 0 saturated carbocycles. The minimum absolute atomic E-state index is 0.445.